The van der Waals surface area contributed by atoms with Crippen LogP contribution in [0.15, 0.2) is 30.3 Å². The number of hydrogen-bond donors (Lipinski definition) is 0. The molecule has 1 saturated heterocycles. The molecule has 0 unspecified atom stereocenters. The van der Waals surface area contributed by atoms with Crippen molar-refractivity contribution in [2.24, 2.45) is 10.8 Å². The highest BCUT2D eigenvalue weighted by atomic mass is 35.5. The highest BCUT2D eigenvalue weighted by Crippen LogP contribution is 2.52. The third-order valence-corrected chi connectivity index (χ3v) is 5.57. The van der Waals surface area contributed by atoms with Gasteiger partial charge in [0.2, 0.25) is 0 Å². The van der Waals surface area contributed by atoms with Crippen molar-refractivity contribution in [3.63, 3.8) is 0 Å². The van der Waals surface area contributed by atoms with Crippen molar-refractivity contribution < 1.29 is 14.3 Å². The van der Waals surface area contributed by atoms with Gasteiger partial charge in [-0.15, -0.1) is 0 Å². The molecule has 140 valence electrons. The minimum atomic E-state index is -0.521. The third kappa shape index (κ3) is 4.47. The molecule has 1 heterocycles. The van der Waals surface area contributed by atoms with Gasteiger partial charge in [-0.25, -0.2) is 4.79 Å². The highest BCUT2D eigenvalue weighted by molar-refractivity contribution is 6.30. The normalized spacial score (nSPS) is 26.9. The number of amides is 1. The van der Waals surface area contributed by atoms with Crippen LogP contribution in [0.5, 0.6) is 0 Å². The van der Waals surface area contributed by atoms with Gasteiger partial charge in [0.1, 0.15) is 0 Å². The Bertz CT molecular complexity index is 743. The minimum Gasteiger partial charge on any atom is -0.452 e. The number of likely N-dealkylation sites (tertiary alicyclic amines) is 1. The summed E-state index contributed by atoms with van der Waals surface area (Å²) in [7, 11) is 0. The number of ether oxygens (including phenoxy) is 1. The second-order valence-corrected chi connectivity index (χ2v) is 9.17. The van der Waals surface area contributed by atoms with Crippen LogP contribution in [0.3, 0.4) is 0 Å². The summed E-state index contributed by atoms with van der Waals surface area (Å²) in [6.45, 7) is 7.35. The lowest BCUT2D eigenvalue weighted by Crippen LogP contribution is -2.39. The van der Waals surface area contributed by atoms with Gasteiger partial charge in [-0.1, -0.05) is 44.5 Å². The molecule has 2 atom stereocenters. The van der Waals surface area contributed by atoms with Crippen LogP contribution in [0.4, 0.5) is 0 Å². The van der Waals surface area contributed by atoms with E-state index >= 15 is 0 Å². The first kappa shape index (κ1) is 19.0. The molecular weight excluding hydrogens is 350 g/mol. The van der Waals surface area contributed by atoms with Gasteiger partial charge in [-0.2, -0.15) is 0 Å². The summed E-state index contributed by atoms with van der Waals surface area (Å²) in [6, 6.07) is 7.43. The zero-order valence-electron chi connectivity index (χ0n) is 15.6. The van der Waals surface area contributed by atoms with Gasteiger partial charge in [0.05, 0.1) is 0 Å². The maximum absolute atomic E-state index is 12.6. The summed E-state index contributed by atoms with van der Waals surface area (Å²) in [4.78, 5) is 26.4. The molecular formula is C21H26ClNO3. The fourth-order valence-electron chi connectivity index (χ4n) is 4.79. The van der Waals surface area contributed by atoms with Crippen LogP contribution in [-0.2, 0) is 14.3 Å². The minimum absolute atomic E-state index is 0.0964. The van der Waals surface area contributed by atoms with Crippen LogP contribution < -0.4 is 0 Å². The van der Waals surface area contributed by atoms with Crippen LogP contribution in [0, 0.1) is 10.8 Å². The summed E-state index contributed by atoms with van der Waals surface area (Å²) in [6.07, 6.45) is 6.14. The Labute approximate surface area is 160 Å². The van der Waals surface area contributed by atoms with Gasteiger partial charge in [0.25, 0.3) is 5.91 Å². The Morgan fingerprint density at radius 3 is 2.81 bits per heavy atom. The first-order valence-corrected chi connectivity index (χ1v) is 9.44. The Hall–Kier alpha value is -1.81. The van der Waals surface area contributed by atoms with Gasteiger partial charge in [0, 0.05) is 23.7 Å². The van der Waals surface area contributed by atoms with Crippen LogP contribution >= 0.6 is 11.6 Å². The maximum atomic E-state index is 12.6. The molecule has 3 rings (SSSR count). The number of hydrogen-bond acceptors (Lipinski definition) is 3. The van der Waals surface area contributed by atoms with Gasteiger partial charge >= 0.3 is 5.97 Å². The van der Waals surface area contributed by atoms with E-state index in [0.29, 0.717) is 5.02 Å². The third-order valence-electron chi connectivity index (χ3n) is 5.33. The summed E-state index contributed by atoms with van der Waals surface area (Å²) >= 11 is 5.91. The van der Waals surface area contributed by atoms with E-state index in [9.17, 15) is 9.59 Å². The van der Waals surface area contributed by atoms with Gasteiger partial charge in [-0.3, -0.25) is 4.79 Å². The molecule has 4 nitrogen and oxygen atoms in total. The second kappa shape index (κ2) is 7.07. The Kier molecular flexibility index (Phi) is 5.16. The van der Waals surface area contributed by atoms with Crippen molar-refractivity contribution in [2.75, 3.05) is 13.2 Å². The largest absolute Gasteiger partial charge is 0.452 e. The number of esters is 1. The molecule has 26 heavy (non-hydrogen) atoms. The smallest absolute Gasteiger partial charge is 0.331 e. The monoisotopic (exact) mass is 375 g/mol. The Morgan fingerprint density at radius 1 is 1.31 bits per heavy atom. The van der Waals surface area contributed by atoms with E-state index in [0.717, 1.165) is 31.4 Å². The maximum Gasteiger partial charge on any atom is 0.331 e. The molecule has 5 heteroatoms. The molecule has 2 aliphatic rings. The highest BCUT2D eigenvalue weighted by Gasteiger charge is 2.50. The fourth-order valence-corrected chi connectivity index (χ4v) is 4.99. The quantitative estimate of drug-likeness (QED) is 0.581. The van der Waals surface area contributed by atoms with Crippen molar-refractivity contribution in [2.45, 2.75) is 46.1 Å². The molecule has 0 radical (unpaired) electrons. The van der Waals surface area contributed by atoms with Gasteiger partial charge in [0.15, 0.2) is 6.61 Å². The molecule has 1 aromatic carbocycles. The van der Waals surface area contributed by atoms with E-state index < -0.39 is 5.97 Å². The van der Waals surface area contributed by atoms with E-state index in [-0.39, 0.29) is 29.4 Å². The van der Waals surface area contributed by atoms with Gasteiger partial charge < -0.3 is 9.64 Å². The van der Waals surface area contributed by atoms with Crippen LogP contribution in [0.2, 0.25) is 5.02 Å². The molecule has 1 amide bonds. The molecule has 0 aromatic heterocycles. The molecule has 2 fully saturated rings. The van der Waals surface area contributed by atoms with Crippen molar-refractivity contribution in [1.29, 1.82) is 0 Å². The lowest BCUT2D eigenvalue weighted by Gasteiger charge is -2.39. The van der Waals surface area contributed by atoms with Crippen molar-refractivity contribution in [1.82, 2.24) is 4.90 Å². The average molecular weight is 376 g/mol. The Balaban J connectivity index is 1.53. The van der Waals surface area contributed by atoms with Crippen LogP contribution in [0.1, 0.15) is 45.6 Å². The standard InChI is InChI=1S/C21H26ClNO3/c1-20(2)10-17-11-21(3,13-20)14-23(17)18(24)12-26-19(25)8-7-15-5-4-6-16(22)9-15/h4-9,17H,10-14H2,1-3H3/b8-7+/t17-,21-/m1/s1. The number of halogens is 1. The van der Waals surface area contributed by atoms with Crippen LogP contribution in [-0.4, -0.2) is 36.0 Å². The fraction of sp³-hybridized carbons (Fsp3) is 0.524. The first-order chi connectivity index (χ1) is 12.2. The topological polar surface area (TPSA) is 46.6 Å². The number of carbonyl (C=O) groups is 2. The average Bonchev–Trinajstić information content (AvgIpc) is 2.79. The van der Waals surface area contributed by atoms with E-state index in [1.165, 1.54) is 6.08 Å². The van der Waals surface area contributed by atoms with Gasteiger partial charge in [-0.05, 0) is 53.9 Å². The lowest BCUT2D eigenvalue weighted by atomic mass is 9.65. The van der Waals surface area contributed by atoms with E-state index in [4.69, 9.17) is 16.3 Å². The molecule has 1 aromatic rings. The first-order valence-electron chi connectivity index (χ1n) is 9.06. The molecule has 1 aliphatic carbocycles. The zero-order chi connectivity index (χ0) is 18.9. The van der Waals surface area contributed by atoms with E-state index in [2.05, 4.69) is 20.8 Å². The van der Waals surface area contributed by atoms with Crippen molar-refractivity contribution >= 4 is 29.6 Å². The number of fused-ring (bicyclic) bond motifs is 2. The van der Waals surface area contributed by atoms with E-state index in [1.54, 1.807) is 18.2 Å². The number of rotatable bonds is 4. The predicted molar refractivity (Wildman–Crippen MR) is 103 cm³/mol. The lowest BCUT2D eigenvalue weighted by molar-refractivity contribution is -0.148. The summed E-state index contributed by atoms with van der Waals surface area (Å²) in [5.74, 6) is -0.618. The summed E-state index contributed by atoms with van der Waals surface area (Å²) in [5.41, 5.74) is 1.24. The molecule has 1 saturated carbocycles. The number of nitrogens with zero attached hydrogens (tertiary/aromatic N) is 1. The molecule has 1 aliphatic heterocycles. The zero-order valence-corrected chi connectivity index (χ0v) is 16.4. The molecule has 2 bridgehead atoms. The van der Waals surface area contributed by atoms with E-state index in [1.807, 2.05) is 17.0 Å². The summed E-state index contributed by atoms with van der Waals surface area (Å²) < 4.78 is 5.15. The SMILES string of the molecule is CC1(C)C[C@@H]2C[C@@](C)(CN2C(=O)COC(=O)/C=C/c2cccc(Cl)c2)C1. The predicted octanol–water partition coefficient (Wildman–Crippen LogP) is 4.32. The summed E-state index contributed by atoms with van der Waals surface area (Å²) in [5, 5.41) is 0.604. The van der Waals surface area contributed by atoms with Crippen molar-refractivity contribution in [3.05, 3.63) is 40.9 Å². The van der Waals surface area contributed by atoms with Crippen molar-refractivity contribution in [3.8, 4) is 0 Å². The Morgan fingerprint density at radius 2 is 2.08 bits per heavy atom. The molecule has 0 N–H and O–H groups in total. The molecule has 0 spiro atoms. The number of carbonyl (C=O) groups excluding carboxylic acids is 2. The number of benzene rings is 1. The van der Waals surface area contributed by atoms with Crippen LogP contribution in [0.25, 0.3) is 6.08 Å². The second-order valence-electron chi connectivity index (χ2n) is 8.73.